The van der Waals surface area contributed by atoms with Gasteiger partial charge in [-0.3, -0.25) is 9.59 Å². The van der Waals surface area contributed by atoms with Crippen molar-refractivity contribution < 1.29 is 0 Å². The fraction of sp³-hybridized carbons (Fsp3) is 0.273. The zero-order valence-electron chi connectivity index (χ0n) is 16.4. The van der Waals surface area contributed by atoms with Crippen LogP contribution >= 0.6 is 27.3 Å². The summed E-state index contributed by atoms with van der Waals surface area (Å²) >= 11 is 4.45. The lowest BCUT2D eigenvalue weighted by Gasteiger charge is -2.21. The maximum Gasteiger partial charge on any atom is 0.279 e. The lowest BCUT2D eigenvalue weighted by molar-refractivity contribution is 0.731. The Labute approximate surface area is 181 Å². The number of fused-ring (bicyclic) bond motifs is 1. The molecule has 3 rings (SSSR count). The maximum atomic E-state index is 13.0. The summed E-state index contributed by atoms with van der Waals surface area (Å²) < 4.78 is 1.19. The first-order valence-electron chi connectivity index (χ1n) is 9.57. The van der Waals surface area contributed by atoms with Crippen LogP contribution in [0.25, 0.3) is 10.8 Å². The molecule has 5 nitrogen and oxygen atoms in total. The van der Waals surface area contributed by atoms with Crippen molar-refractivity contribution in [3.8, 4) is 0 Å². The number of benzene rings is 2. The van der Waals surface area contributed by atoms with Gasteiger partial charge in [-0.15, -0.1) is 0 Å². The standard InChI is InChI=1S/C22H22BrN3O2S/c1-3-13-26(14-4-2)19-21(24-16-11-9-15(23)10-12-16)29-22(28)18-8-6-5-7-17(18)20(27)25-19/h5-12H,3-4,13-14H2,1-2H3. The smallest absolute Gasteiger partial charge is 0.279 e. The van der Waals surface area contributed by atoms with Crippen LogP contribution in [0.5, 0.6) is 0 Å². The van der Waals surface area contributed by atoms with E-state index in [9.17, 15) is 9.59 Å². The van der Waals surface area contributed by atoms with E-state index >= 15 is 0 Å². The SMILES string of the molecule is CCCN(CCC)c1nc(=O)c2ccccc2c(=O)sc1=Nc1ccc(Br)cc1. The second-order valence-electron chi connectivity index (χ2n) is 6.56. The lowest BCUT2D eigenvalue weighted by Crippen LogP contribution is -2.32. The molecule has 7 heteroatoms. The summed E-state index contributed by atoms with van der Waals surface area (Å²) in [6, 6.07) is 14.3. The topological polar surface area (TPSA) is 62.6 Å². The maximum absolute atomic E-state index is 13.0. The Morgan fingerprint density at radius 2 is 1.59 bits per heavy atom. The predicted molar refractivity (Wildman–Crippen MR) is 124 cm³/mol. The minimum Gasteiger partial charge on any atom is -0.354 e. The molecule has 29 heavy (non-hydrogen) atoms. The van der Waals surface area contributed by atoms with E-state index in [1.165, 1.54) is 0 Å². The number of nitrogens with zero attached hydrogens (tertiary/aromatic N) is 3. The van der Waals surface area contributed by atoms with E-state index in [4.69, 9.17) is 4.99 Å². The molecule has 1 heterocycles. The quantitative estimate of drug-likeness (QED) is 0.525. The highest BCUT2D eigenvalue weighted by Crippen LogP contribution is 2.17. The first-order chi connectivity index (χ1) is 14.0. The molecule has 0 aliphatic rings. The number of hydrogen-bond donors (Lipinski definition) is 0. The van der Waals surface area contributed by atoms with Gasteiger partial charge >= 0.3 is 0 Å². The highest BCUT2D eigenvalue weighted by molar-refractivity contribution is 9.10. The molecule has 1 aromatic heterocycles. The summed E-state index contributed by atoms with van der Waals surface area (Å²) in [5.41, 5.74) is 0.287. The average Bonchev–Trinajstić information content (AvgIpc) is 2.72. The molecule has 2 aromatic carbocycles. The summed E-state index contributed by atoms with van der Waals surface area (Å²) in [7, 11) is 0. The molecule has 0 saturated heterocycles. The van der Waals surface area contributed by atoms with Crippen molar-refractivity contribution in [3.05, 3.63) is 77.6 Å². The Bertz CT molecular complexity index is 1190. The minimum atomic E-state index is -0.412. The summed E-state index contributed by atoms with van der Waals surface area (Å²) in [4.78, 5) is 37.1. The molecule has 0 amide bonds. The Morgan fingerprint density at radius 3 is 2.21 bits per heavy atom. The van der Waals surface area contributed by atoms with E-state index < -0.39 is 5.56 Å². The van der Waals surface area contributed by atoms with Crippen LogP contribution in [0.1, 0.15) is 26.7 Å². The number of rotatable bonds is 6. The van der Waals surface area contributed by atoms with Gasteiger partial charge in [0.25, 0.3) is 5.56 Å². The largest absolute Gasteiger partial charge is 0.354 e. The number of hydrogen-bond acceptors (Lipinski definition) is 6. The van der Waals surface area contributed by atoms with Crippen molar-refractivity contribution in [1.82, 2.24) is 4.98 Å². The van der Waals surface area contributed by atoms with E-state index in [0.717, 1.165) is 41.7 Å². The lowest BCUT2D eigenvalue weighted by atomic mass is 10.2. The summed E-state index contributed by atoms with van der Waals surface area (Å²) in [6.07, 6.45) is 1.79. The van der Waals surface area contributed by atoms with Crippen LogP contribution in [0.4, 0.5) is 11.5 Å². The van der Waals surface area contributed by atoms with Gasteiger partial charge < -0.3 is 4.90 Å². The summed E-state index contributed by atoms with van der Waals surface area (Å²) in [5, 5.41) is 0.699. The van der Waals surface area contributed by atoms with Gasteiger partial charge in [-0.2, -0.15) is 4.98 Å². The molecule has 0 spiro atoms. The molecule has 0 bridgehead atoms. The average molecular weight is 472 g/mol. The molecule has 150 valence electrons. The zero-order valence-corrected chi connectivity index (χ0v) is 18.8. The summed E-state index contributed by atoms with van der Waals surface area (Å²) in [6.45, 7) is 5.62. The van der Waals surface area contributed by atoms with Crippen LogP contribution in [-0.4, -0.2) is 18.1 Å². The van der Waals surface area contributed by atoms with Crippen LogP contribution in [0, 0.1) is 0 Å². The molecule has 3 aromatic rings. The molecule has 0 N–H and O–H groups in total. The van der Waals surface area contributed by atoms with Gasteiger partial charge in [0.05, 0.1) is 11.1 Å². The molecule has 0 unspecified atom stereocenters. The monoisotopic (exact) mass is 471 g/mol. The van der Waals surface area contributed by atoms with E-state index in [2.05, 4.69) is 34.8 Å². The second kappa shape index (κ2) is 9.89. The van der Waals surface area contributed by atoms with Crippen molar-refractivity contribution in [3.63, 3.8) is 0 Å². The molecule has 0 radical (unpaired) electrons. The van der Waals surface area contributed by atoms with Crippen LogP contribution in [0.3, 0.4) is 0 Å². The normalized spacial score (nSPS) is 11.6. The third kappa shape index (κ3) is 5.16. The molecule has 0 aliphatic carbocycles. The number of anilines is 1. The molecule has 0 aliphatic heterocycles. The Balaban J connectivity index is 2.42. The van der Waals surface area contributed by atoms with Crippen molar-refractivity contribution in [1.29, 1.82) is 0 Å². The second-order valence-corrected chi connectivity index (χ2v) is 8.43. The fourth-order valence-electron chi connectivity index (χ4n) is 3.02. The third-order valence-electron chi connectivity index (χ3n) is 4.31. The fourth-order valence-corrected chi connectivity index (χ4v) is 4.16. The first kappa shape index (κ1) is 21.3. The van der Waals surface area contributed by atoms with Crippen LogP contribution < -0.4 is 19.9 Å². The Hall–Kier alpha value is -2.38. The Morgan fingerprint density at radius 1 is 0.966 bits per heavy atom. The van der Waals surface area contributed by atoms with Gasteiger partial charge in [0.15, 0.2) is 10.5 Å². The minimum absolute atomic E-state index is 0.204. The van der Waals surface area contributed by atoms with E-state index in [-0.39, 0.29) is 4.74 Å². The van der Waals surface area contributed by atoms with Gasteiger partial charge in [-0.25, -0.2) is 4.99 Å². The third-order valence-corrected chi connectivity index (χ3v) is 5.71. The summed E-state index contributed by atoms with van der Waals surface area (Å²) in [5.74, 6) is 0.467. The van der Waals surface area contributed by atoms with Crippen LogP contribution in [0.15, 0.2) is 67.6 Å². The van der Waals surface area contributed by atoms with Crippen molar-refractivity contribution in [2.75, 3.05) is 18.0 Å². The predicted octanol–water partition coefficient (Wildman–Crippen LogP) is 4.64. The van der Waals surface area contributed by atoms with E-state index in [1.54, 1.807) is 24.3 Å². The van der Waals surface area contributed by atoms with Gasteiger partial charge in [-0.1, -0.05) is 53.2 Å². The van der Waals surface area contributed by atoms with Crippen molar-refractivity contribution in [2.45, 2.75) is 26.7 Å². The van der Waals surface area contributed by atoms with Gasteiger partial charge in [0.1, 0.15) is 0 Å². The molecule has 0 fully saturated rings. The first-order valence-corrected chi connectivity index (χ1v) is 11.2. The van der Waals surface area contributed by atoms with E-state index in [0.29, 0.717) is 26.9 Å². The van der Waals surface area contributed by atoms with Gasteiger partial charge in [0.2, 0.25) is 4.74 Å². The molecular weight excluding hydrogens is 450 g/mol. The molecule has 0 atom stereocenters. The molecule has 0 saturated carbocycles. The highest BCUT2D eigenvalue weighted by Gasteiger charge is 2.12. The van der Waals surface area contributed by atoms with E-state index in [1.807, 2.05) is 29.2 Å². The Kier molecular flexibility index (Phi) is 7.28. The molecular formula is C22H22BrN3O2S. The highest BCUT2D eigenvalue weighted by atomic mass is 79.9. The van der Waals surface area contributed by atoms with Gasteiger partial charge in [-0.05, 0) is 49.2 Å². The van der Waals surface area contributed by atoms with Crippen molar-refractivity contribution >= 4 is 49.5 Å². The van der Waals surface area contributed by atoms with Crippen LogP contribution in [-0.2, 0) is 0 Å². The zero-order chi connectivity index (χ0) is 20.8. The van der Waals surface area contributed by atoms with Crippen molar-refractivity contribution in [2.24, 2.45) is 4.99 Å². The van der Waals surface area contributed by atoms with Gasteiger partial charge in [0, 0.05) is 22.9 Å². The number of aromatic nitrogens is 1. The number of halogens is 1. The van der Waals surface area contributed by atoms with Crippen LogP contribution in [0.2, 0.25) is 0 Å².